The number of hydrogen-bond acceptors (Lipinski definition) is 2. The number of rotatable bonds is 5. The molecule has 1 fully saturated rings. The van der Waals surface area contributed by atoms with Gasteiger partial charge in [0.15, 0.2) is 0 Å². The summed E-state index contributed by atoms with van der Waals surface area (Å²) in [5.41, 5.74) is 0. The Morgan fingerprint density at radius 1 is 1.44 bits per heavy atom. The lowest BCUT2D eigenvalue weighted by molar-refractivity contribution is 0.0768. The van der Waals surface area contributed by atoms with Gasteiger partial charge in [-0.3, -0.25) is 0 Å². The highest BCUT2D eigenvalue weighted by Crippen LogP contribution is 2.21. The third-order valence-electron chi connectivity index (χ3n) is 3.45. The minimum absolute atomic E-state index is 0.0824. The Bertz CT molecular complexity index is 256. The maximum absolute atomic E-state index is 12.0. The molecule has 2 atom stereocenters. The van der Waals surface area contributed by atoms with Crippen molar-refractivity contribution in [1.29, 1.82) is 0 Å². The lowest BCUT2D eigenvalue weighted by Crippen LogP contribution is -2.49. The molecule has 1 aliphatic heterocycles. The molecule has 0 bridgehead atoms. The predicted molar refractivity (Wildman–Crippen MR) is 73.7 cm³/mol. The smallest absolute Gasteiger partial charge is 0.317 e. The third kappa shape index (κ3) is 5.25. The maximum atomic E-state index is 12.0. The summed E-state index contributed by atoms with van der Waals surface area (Å²) in [6.07, 6.45) is 3.38. The first kappa shape index (κ1) is 15.3. The third-order valence-corrected chi connectivity index (χ3v) is 3.45. The van der Waals surface area contributed by atoms with E-state index in [0.29, 0.717) is 19.2 Å². The fourth-order valence-corrected chi connectivity index (χ4v) is 2.40. The zero-order chi connectivity index (χ0) is 13.5. The fraction of sp³-hybridized carbons (Fsp3) is 0.929. The summed E-state index contributed by atoms with van der Waals surface area (Å²) >= 11 is 0. The van der Waals surface area contributed by atoms with Crippen molar-refractivity contribution < 1.29 is 9.53 Å². The van der Waals surface area contributed by atoms with E-state index in [1.807, 2.05) is 18.7 Å². The molecule has 0 aliphatic carbocycles. The Kier molecular flexibility index (Phi) is 6.47. The van der Waals surface area contributed by atoms with Gasteiger partial charge in [-0.25, -0.2) is 4.79 Å². The topological polar surface area (TPSA) is 41.6 Å². The van der Waals surface area contributed by atoms with Crippen LogP contribution in [0.25, 0.3) is 0 Å². The number of carbonyl (C=O) groups excluding carboxylic acids is 1. The zero-order valence-electron chi connectivity index (χ0n) is 12.2. The van der Waals surface area contributed by atoms with Gasteiger partial charge >= 0.3 is 6.03 Å². The number of amides is 2. The number of piperidine rings is 1. The normalized spacial score (nSPS) is 24.4. The van der Waals surface area contributed by atoms with Crippen LogP contribution in [0.1, 0.15) is 47.0 Å². The van der Waals surface area contributed by atoms with Gasteiger partial charge in [0.1, 0.15) is 0 Å². The molecule has 106 valence electrons. The van der Waals surface area contributed by atoms with E-state index in [9.17, 15) is 4.79 Å². The standard InChI is InChI=1S/C14H28N2O2/c1-11(2)18-9-5-7-15-14(17)16-8-6-12(3)10-13(16)4/h11-13H,5-10H2,1-4H3,(H,15,17)/t12-,13-/m1/s1. The highest BCUT2D eigenvalue weighted by molar-refractivity contribution is 5.74. The first-order chi connectivity index (χ1) is 8.50. The van der Waals surface area contributed by atoms with Gasteiger partial charge < -0.3 is 15.0 Å². The Labute approximate surface area is 111 Å². The Balaban J connectivity index is 2.16. The van der Waals surface area contributed by atoms with E-state index in [2.05, 4.69) is 19.2 Å². The Morgan fingerprint density at radius 2 is 2.17 bits per heavy atom. The second-order valence-corrected chi connectivity index (χ2v) is 5.68. The van der Waals surface area contributed by atoms with Gasteiger partial charge in [-0.2, -0.15) is 0 Å². The monoisotopic (exact) mass is 256 g/mol. The molecular formula is C14H28N2O2. The van der Waals surface area contributed by atoms with E-state index in [-0.39, 0.29) is 12.1 Å². The first-order valence-corrected chi connectivity index (χ1v) is 7.16. The fourth-order valence-electron chi connectivity index (χ4n) is 2.40. The van der Waals surface area contributed by atoms with Gasteiger partial charge in [0.05, 0.1) is 6.10 Å². The number of nitrogens with zero attached hydrogens (tertiary/aromatic N) is 1. The molecule has 0 aromatic rings. The van der Waals surface area contributed by atoms with Crippen LogP contribution < -0.4 is 5.32 Å². The molecule has 1 saturated heterocycles. The van der Waals surface area contributed by atoms with E-state index in [1.165, 1.54) is 0 Å². The summed E-state index contributed by atoms with van der Waals surface area (Å²) in [7, 11) is 0. The summed E-state index contributed by atoms with van der Waals surface area (Å²) < 4.78 is 5.44. The van der Waals surface area contributed by atoms with Gasteiger partial charge in [-0.05, 0) is 46.0 Å². The van der Waals surface area contributed by atoms with Crippen molar-refractivity contribution in [3.63, 3.8) is 0 Å². The molecule has 1 N–H and O–H groups in total. The summed E-state index contributed by atoms with van der Waals surface area (Å²) in [5, 5.41) is 2.98. The van der Waals surface area contributed by atoms with Crippen molar-refractivity contribution in [3.05, 3.63) is 0 Å². The van der Waals surface area contributed by atoms with Crippen LogP contribution in [0.15, 0.2) is 0 Å². The van der Waals surface area contributed by atoms with Crippen LogP contribution in [0.5, 0.6) is 0 Å². The van der Waals surface area contributed by atoms with Crippen LogP contribution >= 0.6 is 0 Å². The SMILES string of the molecule is CC(C)OCCCNC(=O)N1CC[C@@H](C)C[C@H]1C. The molecule has 1 rings (SSSR count). The van der Waals surface area contributed by atoms with Gasteiger partial charge in [0, 0.05) is 25.7 Å². The summed E-state index contributed by atoms with van der Waals surface area (Å²) in [5.74, 6) is 0.739. The van der Waals surface area contributed by atoms with Crippen molar-refractivity contribution in [2.75, 3.05) is 19.7 Å². The highest BCUT2D eigenvalue weighted by Gasteiger charge is 2.26. The van der Waals surface area contributed by atoms with Crippen LogP contribution in [0.3, 0.4) is 0 Å². The molecule has 0 radical (unpaired) electrons. The van der Waals surface area contributed by atoms with Crippen molar-refractivity contribution >= 4 is 6.03 Å². The number of hydrogen-bond donors (Lipinski definition) is 1. The number of urea groups is 1. The first-order valence-electron chi connectivity index (χ1n) is 7.16. The summed E-state index contributed by atoms with van der Waals surface area (Å²) in [6, 6.07) is 0.444. The zero-order valence-corrected chi connectivity index (χ0v) is 12.2. The van der Waals surface area contributed by atoms with Crippen molar-refractivity contribution in [2.24, 2.45) is 5.92 Å². The minimum atomic E-state index is 0.0824. The minimum Gasteiger partial charge on any atom is -0.379 e. The number of carbonyl (C=O) groups is 1. The molecule has 2 amide bonds. The average Bonchev–Trinajstić information content (AvgIpc) is 2.27. The largest absolute Gasteiger partial charge is 0.379 e. The van der Waals surface area contributed by atoms with Crippen molar-refractivity contribution in [2.45, 2.75) is 59.1 Å². The lowest BCUT2D eigenvalue weighted by atomic mass is 9.94. The molecule has 0 saturated carbocycles. The Hall–Kier alpha value is -0.770. The maximum Gasteiger partial charge on any atom is 0.317 e. The van der Waals surface area contributed by atoms with E-state index in [0.717, 1.165) is 31.7 Å². The molecule has 1 aliphatic rings. The van der Waals surface area contributed by atoms with Crippen LogP contribution in [-0.2, 0) is 4.74 Å². The molecule has 1 heterocycles. The summed E-state index contributed by atoms with van der Waals surface area (Å²) in [4.78, 5) is 13.9. The van der Waals surface area contributed by atoms with E-state index >= 15 is 0 Å². The van der Waals surface area contributed by atoms with Gasteiger partial charge in [-0.15, -0.1) is 0 Å². The highest BCUT2D eigenvalue weighted by atomic mass is 16.5. The molecular weight excluding hydrogens is 228 g/mol. The van der Waals surface area contributed by atoms with Crippen LogP contribution in [-0.4, -0.2) is 42.8 Å². The second-order valence-electron chi connectivity index (χ2n) is 5.68. The number of ether oxygens (including phenoxy) is 1. The predicted octanol–water partition coefficient (Wildman–Crippen LogP) is 2.63. The number of likely N-dealkylation sites (tertiary alicyclic amines) is 1. The number of nitrogens with one attached hydrogen (secondary N) is 1. The van der Waals surface area contributed by atoms with E-state index < -0.39 is 0 Å². The molecule has 0 spiro atoms. The quantitative estimate of drug-likeness (QED) is 0.768. The average molecular weight is 256 g/mol. The molecule has 0 aromatic carbocycles. The van der Waals surface area contributed by atoms with Crippen molar-refractivity contribution in [1.82, 2.24) is 10.2 Å². The van der Waals surface area contributed by atoms with Crippen LogP contribution in [0, 0.1) is 5.92 Å². The summed E-state index contributed by atoms with van der Waals surface area (Å²) in [6.45, 7) is 10.7. The molecule has 4 nitrogen and oxygen atoms in total. The lowest BCUT2D eigenvalue weighted by Gasteiger charge is -2.36. The van der Waals surface area contributed by atoms with Gasteiger partial charge in [-0.1, -0.05) is 6.92 Å². The molecule has 4 heteroatoms. The van der Waals surface area contributed by atoms with Crippen LogP contribution in [0.4, 0.5) is 4.79 Å². The van der Waals surface area contributed by atoms with E-state index in [4.69, 9.17) is 4.74 Å². The molecule has 0 unspecified atom stereocenters. The van der Waals surface area contributed by atoms with Crippen molar-refractivity contribution in [3.8, 4) is 0 Å². The van der Waals surface area contributed by atoms with Gasteiger partial charge in [0.2, 0.25) is 0 Å². The Morgan fingerprint density at radius 3 is 2.78 bits per heavy atom. The molecule has 0 aromatic heterocycles. The van der Waals surface area contributed by atoms with Crippen LogP contribution in [0.2, 0.25) is 0 Å². The van der Waals surface area contributed by atoms with Gasteiger partial charge in [0.25, 0.3) is 0 Å². The second kappa shape index (κ2) is 7.62. The van der Waals surface area contributed by atoms with E-state index in [1.54, 1.807) is 0 Å². The molecule has 18 heavy (non-hydrogen) atoms.